The van der Waals surface area contributed by atoms with Crippen LogP contribution in [0.3, 0.4) is 0 Å². The second-order valence-corrected chi connectivity index (χ2v) is 10.2. The van der Waals surface area contributed by atoms with Crippen LogP contribution in [0, 0.1) is 12.7 Å². The van der Waals surface area contributed by atoms with Crippen molar-refractivity contribution in [2.24, 2.45) is 0 Å². The molecule has 0 spiro atoms. The van der Waals surface area contributed by atoms with Gasteiger partial charge < -0.3 is 19.4 Å². The van der Waals surface area contributed by atoms with E-state index < -0.39 is 0 Å². The van der Waals surface area contributed by atoms with Gasteiger partial charge in [-0.25, -0.2) is 9.07 Å². The van der Waals surface area contributed by atoms with Crippen molar-refractivity contribution < 1.29 is 13.9 Å². The number of methoxy groups -OCH3 is 1. The first-order valence-electron chi connectivity index (χ1n) is 13.3. The van der Waals surface area contributed by atoms with Gasteiger partial charge in [-0.2, -0.15) is 5.10 Å². The maximum atomic E-state index is 13.8. The third-order valence-electron chi connectivity index (χ3n) is 7.61. The van der Waals surface area contributed by atoms with E-state index >= 15 is 0 Å². The third-order valence-corrected chi connectivity index (χ3v) is 7.61. The highest BCUT2D eigenvalue weighted by Crippen LogP contribution is 2.32. The van der Waals surface area contributed by atoms with Gasteiger partial charge in [0.2, 0.25) is 0 Å². The normalized spacial score (nSPS) is 19.1. The van der Waals surface area contributed by atoms with E-state index in [9.17, 15) is 4.39 Å². The molecule has 1 fully saturated rings. The van der Waals surface area contributed by atoms with Crippen LogP contribution in [0.5, 0.6) is 0 Å². The number of aromatic nitrogens is 4. The quantitative estimate of drug-likeness (QED) is 0.302. The minimum Gasteiger partial charge on any atom is -0.383 e. The van der Waals surface area contributed by atoms with Crippen molar-refractivity contribution in [2.75, 3.05) is 45.3 Å². The highest BCUT2D eigenvalue weighted by Gasteiger charge is 2.33. The van der Waals surface area contributed by atoms with E-state index in [0.29, 0.717) is 26.5 Å². The Balaban J connectivity index is 1.24. The van der Waals surface area contributed by atoms with Crippen LogP contribution >= 0.6 is 0 Å². The molecule has 3 aromatic heterocycles. The Morgan fingerprint density at radius 1 is 1.15 bits per heavy atom. The van der Waals surface area contributed by atoms with Crippen LogP contribution in [0.15, 0.2) is 61.1 Å². The monoisotopic (exact) mass is 531 g/mol. The van der Waals surface area contributed by atoms with E-state index in [1.165, 1.54) is 6.07 Å². The molecule has 0 unspecified atom stereocenters. The van der Waals surface area contributed by atoms with Crippen molar-refractivity contribution in [3.8, 4) is 16.9 Å². The molecule has 2 atom stereocenters. The summed E-state index contributed by atoms with van der Waals surface area (Å²) in [4.78, 5) is 6.97. The van der Waals surface area contributed by atoms with Gasteiger partial charge in [0.05, 0.1) is 49.6 Å². The Hall–Kier alpha value is -3.57. The molecule has 0 aliphatic carbocycles. The number of anilines is 1. The minimum atomic E-state index is -0.218. The number of pyridine rings is 1. The average molecular weight is 532 g/mol. The van der Waals surface area contributed by atoms with E-state index in [1.807, 2.05) is 52.0 Å². The average Bonchev–Trinajstić information content (AvgIpc) is 3.74. The molecule has 10 heteroatoms. The molecule has 9 nitrogen and oxygen atoms in total. The molecule has 0 saturated carbocycles. The number of nitrogens with zero attached hydrogens (tertiary/aromatic N) is 5. The SMILES string of the molecule is COCCN1C[C@@H](n2ccc(F)c2)[C@H](NCNc2c(C)c(-c3cnc4c(c3)COC4)nn2-c2ccccc2)C1. The molecular formula is C29H34FN7O2. The number of nitrogens with one attached hydrogen (secondary N) is 2. The van der Waals surface area contributed by atoms with Crippen LogP contribution in [0.2, 0.25) is 0 Å². The first-order valence-corrected chi connectivity index (χ1v) is 13.3. The van der Waals surface area contributed by atoms with Gasteiger partial charge in [-0.3, -0.25) is 15.2 Å². The number of para-hydroxylation sites is 1. The van der Waals surface area contributed by atoms with Crippen molar-refractivity contribution in [3.05, 3.63) is 83.7 Å². The van der Waals surface area contributed by atoms with E-state index in [1.54, 1.807) is 13.3 Å². The summed E-state index contributed by atoms with van der Waals surface area (Å²) in [5.74, 6) is 0.697. The molecule has 6 rings (SSSR count). The Kier molecular flexibility index (Phi) is 7.43. The molecule has 0 bridgehead atoms. The molecule has 2 aliphatic rings. The fourth-order valence-electron chi connectivity index (χ4n) is 5.54. The summed E-state index contributed by atoms with van der Waals surface area (Å²) in [6.45, 7) is 6.94. The molecule has 4 aromatic rings. The van der Waals surface area contributed by atoms with Crippen molar-refractivity contribution in [2.45, 2.75) is 32.2 Å². The first-order chi connectivity index (χ1) is 19.1. The van der Waals surface area contributed by atoms with Crippen LogP contribution in [-0.2, 0) is 22.7 Å². The first kappa shape index (κ1) is 25.7. The third kappa shape index (κ3) is 5.33. The number of ether oxygens (including phenoxy) is 2. The van der Waals surface area contributed by atoms with Gasteiger partial charge in [0, 0.05) is 68.1 Å². The van der Waals surface area contributed by atoms with Crippen molar-refractivity contribution >= 4 is 5.82 Å². The van der Waals surface area contributed by atoms with Gasteiger partial charge >= 0.3 is 0 Å². The molecule has 0 amide bonds. The Bertz CT molecular complexity index is 1420. The number of benzene rings is 1. The lowest BCUT2D eigenvalue weighted by atomic mass is 10.1. The minimum absolute atomic E-state index is 0.114. The van der Waals surface area contributed by atoms with E-state index in [-0.39, 0.29) is 17.9 Å². The maximum Gasteiger partial charge on any atom is 0.140 e. The zero-order valence-corrected chi connectivity index (χ0v) is 22.3. The molecule has 1 saturated heterocycles. The number of halogens is 1. The Labute approximate surface area is 227 Å². The largest absolute Gasteiger partial charge is 0.383 e. The van der Waals surface area contributed by atoms with Gasteiger partial charge in [0.25, 0.3) is 0 Å². The fraction of sp³-hybridized carbons (Fsp3) is 0.379. The number of rotatable bonds is 10. The zero-order valence-electron chi connectivity index (χ0n) is 22.3. The van der Waals surface area contributed by atoms with Crippen LogP contribution < -0.4 is 10.6 Å². The predicted molar refractivity (Wildman–Crippen MR) is 147 cm³/mol. The Morgan fingerprint density at radius 2 is 2.03 bits per heavy atom. The fourth-order valence-corrected chi connectivity index (χ4v) is 5.54. The van der Waals surface area contributed by atoms with Crippen LogP contribution in [-0.4, -0.2) is 70.3 Å². The topological polar surface area (TPSA) is 81.4 Å². The summed E-state index contributed by atoms with van der Waals surface area (Å²) in [7, 11) is 1.72. The van der Waals surface area contributed by atoms with Gasteiger partial charge in [-0.05, 0) is 31.2 Å². The maximum absolute atomic E-state index is 13.8. The molecule has 5 heterocycles. The van der Waals surface area contributed by atoms with E-state index in [2.05, 4.69) is 33.5 Å². The summed E-state index contributed by atoms with van der Waals surface area (Å²) < 4.78 is 28.6. The van der Waals surface area contributed by atoms with Crippen LogP contribution in [0.25, 0.3) is 16.9 Å². The lowest BCUT2D eigenvalue weighted by molar-refractivity contribution is 0.133. The summed E-state index contributed by atoms with van der Waals surface area (Å²) in [5, 5.41) is 12.3. The van der Waals surface area contributed by atoms with Gasteiger partial charge in [0.15, 0.2) is 0 Å². The van der Waals surface area contributed by atoms with Crippen molar-refractivity contribution in [1.82, 2.24) is 29.5 Å². The number of fused-ring (bicyclic) bond motifs is 1. The Morgan fingerprint density at radius 3 is 2.82 bits per heavy atom. The highest BCUT2D eigenvalue weighted by molar-refractivity contribution is 5.70. The van der Waals surface area contributed by atoms with Gasteiger partial charge in [-0.15, -0.1) is 0 Å². The molecule has 39 heavy (non-hydrogen) atoms. The molecule has 1 aromatic carbocycles. The van der Waals surface area contributed by atoms with Crippen molar-refractivity contribution in [3.63, 3.8) is 0 Å². The summed E-state index contributed by atoms with van der Waals surface area (Å²) in [5.41, 5.74) is 5.98. The number of hydrogen-bond donors (Lipinski definition) is 2. The number of hydrogen-bond acceptors (Lipinski definition) is 7. The molecular weight excluding hydrogens is 497 g/mol. The lowest BCUT2D eigenvalue weighted by Gasteiger charge is -2.22. The van der Waals surface area contributed by atoms with Crippen molar-refractivity contribution in [1.29, 1.82) is 0 Å². The standard InChI is InChI=1S/C29H34FN7O2/c1-20-28(21-12-22-17-39-18-26(22)31-13-21)34-37(24-6-4-3-5-7-24)29(20)33-19-32-25-15-35(10-11-38-2)16-27(25)36-9-8-23(30)14-36/h3-9,12-14,25,27,32-33H,10-11,15-19H2,1-2H3/t25-,27-/m1/s1. The smallest absolute Gasteiger partial charge is 0.140 e. The summed E-state index contributed by atoms with van der Waals surface area (Å²) in [6, 6.07) is 14.0. The molecule has 2 aliphatic heterocycles. The number of likely N-dealkylation sites (tertiary alicyclic amines) is 1. The zero-order chi connectivity index (χ0) is 26.8. The molecule has 204 valence electrons. The van der Waals surface area contributed by atoms with Crippen LogP contribution in [0.1, 0.15) is 22.9 Å². The van der Waals surface area contributed by atoms with E-state index in [4.69, 9.17) is 14.6 Å². The lowest BCUT2D eigenvalue weighted by Crippen LogP contribution is -2.40. The predicted octanol–water partition coefficient (Wildman–Crippen LogP) is 3.74. The molecule has 2 N–H and O–H groups in total. The summed E-state index contributed by atoms with van der Waals surface area (Å²) in [6.07, 6.45) is 5.27. The second kappa shape index (κ2) is 11.3. The van der Waals surface area contributed by atoms with Crippen LogP contribution in [0.4, 0.5) is 10.2 Å². The highest BCUT2D eigenvalue weighted by atomic mass is 19.1. The van der Waals surface area contributed by atoms with Gasteiger partial charge in [0.1, 0.15) is 11.6 Å². The van der Waals surface area contributed by atoms with E-state index in [0.717, 1.165) is 59.2 Å². The molecule has 0 radical (unpaired) electrons. The second-order valence-electron chi connectivity index (χ2n) is 10.2. The van der Waals surface area contributed by atoms with Gasteiger partial charge in [-0.1, -0.05) is 18.2 Å². The summed E-state index contributed by atoms with van der Waals surface area (Å²) >= 11 is 0.